The van der Waals surface area contributed by atoms with Crippen LogP contribution in [-0.2, 0) is 9.59 Å². The molecule has 1 N–H and O–H groups in total. The largest absolute Gasteiger partial charge is 0.358 e. The van der Waals surface area contributed by atoms with Gasteiger partial charge in [0.05, 0.1) is 0 Å². The number of hydrogen-bond acceptors (Lipinski definition) is 2. The zero-order valence-corrected chi connectivity index (χ0v) is 10.9. The fraction of sp³-hybridized carbons (Fsp3) is 0.0667. The number of carbonyl (C=O) groups excluding carboxylic acids is 2. The van der Waals surface area contributed by atoms with E-state index in [9.17, 15) is 9.59 Å². The first-order valence-electron chi connectivity index (χ1n) is 5.82. The van der Waals surface area contributed by atoms with Crippen LogP contribution in [-0.4, -0.2) is 16.6 Å². The highest BCUT2D eigenvalue weighted by Crippen LogP contribution is 2.32. The zero-order valence-electron chi connectivity index (χ0n) is 10.2. The van der Waals surface area contributed by atoms with Crippen molar-refractivity contribution in [3.63, 3.8) is 0 Å². The standard InChI is InChI=1S/C15H10ClNO2/c1-8-15(12-7-10(18)3-5-14(12)19)11-6-9(16)2-4-13(11)17-8/h2-7,17H,1H3. The molecule has 0 saturated carbocycles. The quantitative estimate of drug-likeness (QED) is 0.810. The van der Waals surface area contributed by atoms with E-state index in [0.717, 1.165) is 22.2 Å². The summed E-state index contributed by atoms with van der Waals surface area (Å²) in [5.74, 6) is -0.339. The van der Waals surface area contributed by atoms with Gasteiger partial charge in [0.1, 0.15) is 0 Å². The van der Waals surface area contributed by atoms with Crippen LogP contribution in [0.3, 0.4) is 0 Å². The Morgan fingerprint density at radius 3 is 2.74 bits per heavy atom. The van der Waals surface area contributed by atoms with Crippen LogP contribution in [0.1, 0.15) is 11.3 Å². The normalized spacial score (nSPS) is 15.2. The molecule has 1 aliphatic carbocycles. The summed E-state index contributed by atoms with van der Waals surface area (Å²) in [5.41, 5.74) is 2.91. The molecule has 1 aliphatic rings. The minimum Gasteiger partial charge on any atom is -0.358 e. The summed E-state index contributed by atoms with van der Waals surface area (Å²) >= 11 is 6.00. The van der Waals surface area contributed by atoms with Crippen molar-refractivity contribution in [2.75, 3.05) is 0 Å². The summed E-state index contributed by atoms with van der Waals surface area (Å²) in [6, 6.07) is 5.44. The van der Waals surface area contributed by atoms with Gasteiger partial charge in [-0.15, -0.1) is 0 Å². The average molecular weight is 272 g/mol. The highest BCUT2D eigenvalue weighted by molar-refractivity contribution is 6.36. The number of carbonyl (C=O) groups is 2. The topological polar surface area (TPSA) is 49.9 Å². The van der Waals surface area contributed by atoms with Crippen molar-refractivity contribution in [3.05, 3.63) is 52.7 Å². The second-order valence-electron chi connectivity index (χ2n) is 4.47. The van der Waals surface area contributed by atoms with Gasteiger partial charge in [0.15, 0.2) is 11.6 Å². The molecule has 0 fully saturated rings. The van der Waals surface area contributed by atoms with Crippen molar-refractivity contribution in [3.8, 4) is 0 Å². The van der Waals surface area contributed by atoms with Crippen molar-refractivity contribution >= 4 is 39.6 Å². The predicted molar refractivity (Wildman–Crippen MR) is 75.2 cm³/mol. The van der Waals surface area contributed by atoms with E-state index < -0.39 is 0 Å². The Morgan fingerprint density at radius 2 is 1.95 bits per heavy atom. The molecule has 1 aromatic carbocycles. The van der Waals surface area contributed by atoms with Crippen molar-refractivity contribution in [2.45, 2.75) is 6.92 Å². The van der Waals surface area contributed by atoms with Crippen LogP contribution in [0.15, 0.2) is 36.4 Å². The predicted octanol–water partition coefficient (Wildman–Crippen LogP) is 3.22. The first kappa shape index (κ1) is 11.9. The van der Waals surface area contributed by atoms with E-state index in [2.05, 4.69) is 4.98 Å². The Bertz CT molecular complexity index is 781. The molecule has 2 aromatic rings. The van der Waals surface area contributed by atoms with E-state index in [1.807, 2.05) is 13.0 Å². The van der Waals surface area contributed by atoms with E-state index in [-0.39, 0.29) is 11.6 Å². The van der Waals surface area contributed by atoms with Crippen molar-refractivity contribution in [2.24, 2.45) is 0 Å². The average Bonchev–Trinajstić information content (AvgIpc) is 2.68. The molecule has 3 rings (SSSR count). The number of nitrogens with one attached hydrogen (secondary N) is 1. The first-order valence-corrected chi connectivity index (χ1v) is 6.20. The third kappa shape index (κ3) is 1.92. The van der Waals surface area contributed by atoms with E-state index >= 15 is 0 Å². The number of aromatic amines is 1. The second kappa shape index (κ2) is 4.21. The van der Waals surface area contributed by atoms with Gasteiger partial charge in [-0.1, -0.05) is 11.6 Å². The molecule has 1 heterocycles. The van der Waals surface area contributed by atoms with Crippen molar-refractivity contribution in [1.29, 1.82) is 0 Å². The lowest BCUT2D eigenvalue weighted by Crippen LogP contribution is -2.07. The number of aromatic nitrogens is 1. The number of hydrogen-bond donors (Lipinski definition) is 1. The maximum Gasteiger partial charge on any atom is 0.186 e. The monoisotopic (exact) mass is 271 g/mol. The molecule has 4 heteroatoms. The van der Waals surface area contributed by atoms with Crippen LogP contribution in [0.25, 0.3) is 16.5 Å². The summed E-state index contributed by atoms with van der Waals surface area (Å²) in [6.45, 7) is 1.88. The number of ketones is 2. The molecule has 1 aromatic heterocycles. The molecule has 0 saturated heterocycles. The van der Waals surface area contributed by atoms with Gasteiger partial charge in [-0.3, -0.25) is 9.59 Å². The van der Waals surface area contributed by atoms with Crippen LogP contribution >= 0.6 is 11.6 Å². The summed E-state index contributed by atoms with van der Waals surface area (Å²) in [4.78, 5) is 26.6. The summed E-state index contributed by atoms with van der Waals surface area (Å²) in [6.07, 6.45) is 3.96. The zero-order chi connectivity index (χ0) is 13.6. The van der Waals surface area contributed by atoms with Gasteiger partial charge >= 0.3 is 0 Å². The Balaban J connectivity index is 2.31. The van der Waals surface area contributed by atoms with Crippen LogP contribution in [0.4, 0.5) is 0 Å². The highest BCUT2D eigenvalue weighted by atomic mass is 35.5. The Morgan fingerprint density at radius 1 is 1.16 bits per heavy atom. The lowest BCUT2D eigenvalue weighted by Gasteiger charge is -2.07. The van der Waals surface area contributed by atoms with Crippen LogP contribution in [0, 0.1) is 6.92 Å². The molecule has 94 valence electrons. The van der Waals surface area contributed by atoms with E-state index in [4.69, 9.17) is 11.6 Å². The lowest BCUT2D eigenvalue weighted by molar-refractivity contribution is -0.113. The number of benzene rings is 1. The Labute approximate surface area is 114 Å². The molecule has 0 radical (unpaired) electrons. The van der Waals surface area contributed by atoms with Gasteiger partial charge in [-0.05, 0) is 43.4 Å². The maximum atomic E-state index is 12.0. The summed E-state index contributed by atoms with van der Waals surface area (Å²) in [5, 5.41) is 1.45. The number of halogens is 1. The highest BCUT2D eigenvalue weighted by Gasteiger charge is 2.20. The maximum absolute atomic E-state index is 12.0. The van der Waals surface area contributed by atoms with E-state index in [0.29, 0.717) is 10.6 Å². The SMILES string of the molecule is Cc1[nH]c2ccc(Cl)cc2c1C1=CC(=O)C=CC1=O. The van der Waals surface area contributed by atoms with E-state index in [1.54, 1.807) is 12.1 Å². The van der Waals surface area contributed by atoms with Crippen molar-refractivity contribution < 1.29 is 9.59 Å². The van der Waals surface area contributed by atoms with Gasteiger partial charge < -0.3 is 4.98 Å². The number of rotatable bonds is 1. The van der Waals surface area contributed by atoms with Crippen LogP contribution < -0.4 is 0 Å². The molecule has 0 spiro atoms. The second-order valence-corrected chi connectivity index (χ2v) is 4.91. The first-order chi connectivity index (χ1) is 9.06. The molecule has 0 aliphatic heterocycles. The molecule has 3 nitrogen and oxygen atoms in total. The number of aryl methyl sites for hydroxylation is 1. The summed E-state index contributed by atoms with van der Waals surface area (Å²) in [7, 11) is 0. The van der Waals surface area contributed by atoms with Crippen molar-refractivity contribution in [1.82, 2.24) is 4.98 Å². The minimum absolute atomic E-state index is 0.163. The molecular formula is C15H10ClNO2. The fourth-order valence-electron chi connectivity index (χ4n) is 2.35. The van der Waals surface area contributed by atoms with Crippen LogP contribution in [0.2, 0.25) is 5.02 Å². The molecule has 0 atom stereocenters. The molecule has 0 unspecified atom stereocenters. The number of H-pyrrole nitrogens is 1. The minimum atomic E-state index is -0.176. The third-order valence-corrected chi connectivity index (χ3v) is 3.40. The van der Waals surface area contributed by atoms with Gasteiger partial charge in [-0.25, -0.2) is 0 Å². The molecular weight excluding hydrogens is 262 g/mol. The van der Waals surface area contributed by atoms with Crippen LogP contribution in [0.5, 0.6) is 0 Å². The van der Waals surface area contributed by atoms with Gasteiger partial charge in [0, 0.05) is 32.8 Å². The van der Waals surface area contributed by atoms with Gasteiger partial charge in [-0.2, -0.15) is 0 Å². The lowest BCUT2D eigenvalue weighted by atomic mass is 9.94. The van der Waals surface area contributed by atoms with E-state index in [1.165, 1.54) is 18.2 Å². The molecule has 19 heavy (non-hydrogen) atoms. The smallest absolute Gasteiger partial charge is 0.186 e. The van der Waals surface area contributed by atoms with Gasteiger partial charge in [0.2, 0.25) is 0 Å². The van der Waals surface area contributed by atoms with Gasteiger partial charge in [0.25, 0.3) is 0 Å². The Hall–Kier alpha value is -2.13. The molecule has 0 amide bonds. The number of fused-ring (bicyclic) bond motifs is 1. The summed E-state index contributed by atoms with van der Waals surface area (Å²) < 4.78 is 0. The number of allylic oxidation sites excluding steroid dienone is 4. The molecule has 0 bridgehead atoms. The third-order valence-electron chi connectivity index (χ3n) is 3.17. The Kier molecular flexibility index (Phi) is 2.64. The fourth-order valence-corrected chi connectivity index (χ4v) is 2.52.